The number of carbonyl (C=O) groups is 2. The number of amides is 1. The third-order valence-corrected chi connectivity index (χ3v) is 3.88. The minimum Gasteiger partial charge on any atom is -0.490 e. The molecule has 0 heterocycles. The fourth-order valence-corrected chi connectivity index (χ4v) is 2.75. The van der Waals surface area contributed by atoms with Crippen LogP contribution in [0.15, 0.2) is 18.2 Å². The maximum atomic E-state index is 12.3. The van der Waals surface area contributed by atoms with Crippen molar-refractivity contribution < 1.29 is 19.4 Å². The van der Waals surface area contributed by atoms with Crippen LogP contribution in [0.5, 0.6) is 5.75 Å². The number of hydrogen-bond acceptors (Lipinski definition) is 3. The predicted octanol–water partition coefficient (Wildman–Crippen LogP) is 3.25. The van der Waals surface area contributed by atoms with Crippen LogP contribution in [0.2, 0.25) is 5.02 Å². The number of aliphatic carboxylic acids is 1. The van der Waals surface area contributed by atoms with E-state index in [1.165, 1.54) is 0 Å². The number of ether oxygens (including phenoxy) is 1. The lowest BCUT2D eigenvalue weighted by molar-refractivity contribution is -0.137. The van der Waals surface area contributed by atoms with Crippen LogP contribution in [0.4, 0.5) is 0 Å². The molecule has 2 rings (SSSR count). The Bertz CT molecular complexity index is 555. The Morgan fingerprint density at radius 2 is 2.09 bits per heavy atom. The lowest BCUT2D eigenvalue weighted by Crippen LogP contribution is -2.34. The molecule has 0 radical (unpaired) electrons. The van der Waals surface area contributed by atoms with E-state index < -0.39 is 12.0 Å². The smallest absolute Gasteiger partial charge is 0.305 e. The van der Waals surface area contributed by atoms with Crippen molar-refractivity contribution in [3.63, 3.8) is 0 Å². The van der Waals surface area contributed by atoms with Gasteiger partial charge in [0.25, 0.3) is 5.91 Å². The van der Waals surface area contributed by atoms with Gasteiger partial charge in [-0.15, -0.1) is 0 Å². The van der Waals surface area contributed by atoms with Crippen molar-refractivity contribution in [3.05, 3.63) is 28.8 Å². The van der Waals surface area contributed by atoms with E-state index >= 15 is 0 Å². The molecule has 2 N–H and O–H groups in total. The second-order valence-corrected chi connectivity index (χ2v) is 6.07. The van der Waals surface area contributed by atoms with Crippen LogP contribution in [0.25, 0.3) is 0 Å². The van der Waals surface area contributed by atoms with E-state index in [2.05, 4.69) is 5.32 Å². The zero-order valence-corrected chi connectivity index (χ0v) is 13.2. The molecule has 1 aromatic carbocycles. The zero-order valence-electron chi connectivity index (χ0n) is 12.5. The molecule has 1 saturated carbocycles. The summed E-state index contributed by atoms with van der Waals surface area (Å²) < 4.78 is 5.91. The summed E-state index contributed by atoms with van der Waals surface area (Å²) in [6.07, 6.45) is 4.23. The fourth-order valence-electron chi connectivity index (χ4n) is 2.58. The van der Waals surface area contributed by atoms with Gasteiger partial charge in [0.05, 0.1) is 18.1 Å². The first kappa shape index (κ1) is 16.6. The number of halogens is 1. The first-order valence-electron chi connectivity index (χ1n) is 7.44. The van der Waals surface area contributed by atoms with Crippen molar-refractivity contribution >= 4 is 23.5 Å². The van der Waals surface area contributed by atoms with Crippen LogP contribution in [0.1, 0.15) is 49.4 Å². The Morgan fingerprint density at radius 1 is 1.41 bits per heavy atom. The van der Waals surface area contributed by atoms with Crippen LogP contribution in [0, 0.1) is 0 Å². The summed E-state index contributed by atoms with van der Waals surface area (Å²) >= 11 is 5.97. The van der Waals surface area contributed by atoms with Crippen LogP contribution >= 0.6 is 11.6 Å². The van der Waals surface area contributed by atoms with Gasteiger partial charge in [-0.3, -0.25) is 9.59 Å². The molecular formula is C16H20ClNO4. The number of hydrogen-bond donors (Lipinski definition) is 2. The Labute approximate surface area is 134 Å². The number of rotatable bonds is 6. The third-order valence-electron chi connectivity index (χ3n) is 3.64. The fraction of sp³-hybridized carbons (Fsp3) is 0.500. The highest BCUT2D eigenvalue weighted by molar-refractivity contribution is 6.31. The number of carboxylic acid groups (broad SMARTS) is 1. The summed E-state index contributed by atoms with van der Waals surface area (Å²) in [6.45, 7) is 1.65. The number of carbonyl (C=O) groups excluding carboxylic acids is 1. The van der Waals surface area contributed by atoms with Gasteiger partial charge < -0.3 is 15.2 Å². The molecule has 0 aliphatic heterocycles. The van der Waals surface area contributed by atoms with Gasteiger partial charge in [0.2, 0.25) is 0 Å². The van der Waals surface area contributed by atoms with Crippen molar-refractivity contribution in [2.45, 2.75) is 51.2 Å². The maximum absolute atomic E-state index is 12.3. The molecular weight excluding hydrogens is 306 g/mol. The van der Waals surface area contributed by atoms with Gasteiger partial charge in [-0.2, -0.15) is 0 Å². The van der Waals surface area contributed by atoms with Crippen molar-refractivity contribution in [2.75, 3.05) is 0 Å². The van der Waals surface area contributed by atoms with E-state index in [1.54, 1.807) is 25.1 Å². The van der Waals surface area contributed by atoms with E-state index in [1.807, 2.05) is 0 Å². The van der Waals surface area contributed by atoms with Gasteiger partial charge >= 0.3 is 5.97 Å². The summed E-state index contributed by atoms with van der Waals surface area (Å²) in [6, 6.07) is 4.46. The molecule has 1 amide bonds. The Kier molecular flexibility index (Phi) is 5.66. The summed E-state index contributed by atoms with van der Waals surface area (Å²) in [7, 11) is 0. The molecule has 0 bridgehead atoms. The molecule has 5 nitrogen and oxygen atoms in total. The van der Waals surface area contributed by atoms with Gasteiger partial charge in [-0.05, 0) is 50.8 Å². The molecule has 1 aromatic rings. The summed E-state index contributed by atoms with van der Waals surface area (Å²) in [4.78, 5) is 23.0. The lowest BCUT2D eigenvalue weighted by Gasteiger charge is -2.18. The molecule has 0 aromatic heterocycles. The Balaban J connectivity index is 2.11. The Hall–Kier alpha value is -1.75. The predicted molar refractivity (Wildman–Crippen MR) is 83.5 cm³/mol. The van der Waals surface area contributed by atoms with Gasteiger partial charge in [-0.1, -0.05) is 11.6 Å². The molecule has 1 aliphatic rings. The topological polar surface area (TPSA) is 75.6 Å². The molecule has 1 atom stereocenters. The highest BCUT2D eigenvalue weighted by Crippen LogP contribution is 2.28. The zero-order chi connectivity index (χ0) is 16.1. The van der Waals surface area contributed by atoms with E-state index in [0.29, 0.717) is 16.3 Å². The molecule has 1 aliphatic carbocycles. The number of carboxylic acids is 1. The summed E-state index contributed by atoms with van der Waals surface area (Å²) in [5.74, 6) is -0.832. The van der Waals surface area contributed by atoms with Crippen LogP contribution in [-0.4, -0.2) is 29.1 Å². The monoisotopic (exact) mass is 325 g/mol. The van der Waals surface area contributed by atoms with Gasteiger partial charge in [0, 0.05) is 11.1 Å². The van der Waals surface area contributed by atoms with Crippen molar-refractivity contribution in [1.82, 2.24) is 5.32 Å². The SMILES string of the molecule is CC(CC(=O)O)NC(=O)c1cc(Cl)ccc1OC1CCCC1. The molecule has 120 valence electrons. The van der Waals surface area contributed by atoms with Gasteiger partial charge in [-0.25, -0.2) is 0 Å². The molecule has 1 fully saturated rings. The van der Waals surface area contributed by atoms with Crippen LogP contribution in [0.3, 0.4) is 0 Å². The quantitative estimate of drug-likeness (QED) is 0.841. The second-order valence-electron chi connectivity index (χ2n) is 5.64. The van der Waals surface area contributed by atoms with E-state index in [0.717, 1.165) is 25.7 Å². The molecule has 6 heteroatoms. The standard InChI is InChI=1S/C16H20ClNO4/c1-10(8-15(19)20)18-16(21)13-9-11(17)6-7-14(13)22-12-4-2-3-5-12/h6-7,9-10,12H,2-5,8H2,1H3,(H,18,21)(H,19,20). The van der Waals surface area contributed by atoms with E-state index in [4.69, 9.17) is 21.4 Å². The maximum Gasteiger partial charge on any atom is 0.305 e. The average molecular weight is 326 g/mol. The van der Waals surface area contributed by atoms with E-state index in [-0.39, 0.29) is 18.4 Å². The summed E-state index contributed by atoms with van der Waals surface area (Å²) in [5, 5.41) is 11.9. The molecule has 22 heavy (non-hydrogen) atoms. The van der Waals surface area contributed by atoms with Gasteiger partial charge in [0.1, 0.15) is 5.75 Å². The highest BCUT2D eigenvalue weighted by atomic mass is 35.5. The van der Waals surface area contributed by atoms with E-state index in [9.17, 15) is 9.59 Å². The lowest BCUT2D eigenvalue weighted by atomic mass is 10.1. The van der Waals surface area contributed by atoms with Crippen LogP contribution < -0.4 is 10.1 Å². The first-order valence-corrected chi connectivity index (χ1v) is 7.82. The highest BCUT2D eigenvalue weighted by Gasteiger charge is 2.21. The van der Waals surface area contributed by atoms with Gasteiger partial charge in [0.15, 0.2) is 0 Å². The summed E-state index contributed by atoms with van der Waals surface area (Å²) in [5.41, 5.74) is 0.344. The number of benzene rings is 1. The first-order chi connectivity index (χ1) is 10.5. The second kappa shape index (κ2) is 7.49. The largest absolute Gasteiger partial charge is 0.490 e. The molecule has 0 saturated heterocycles. The van der Waals surface area contributed by atoms with Crippen molar-refractivity contribution in [1.29, 1.82) is 0 Å². The minimum absolute atomic E-state index is 0.129. The van der Waals surface area contributed by atoms with Crippen LogP contribution in [-0.2, 0) is 4.79 Å². The third kappa shape index (κ3) is 4.63. The van der Waals surface area contributed by atoms with Crippen molar-refractivity contribution in [3.8, 4) is 5.75 Å². The molecule has 0 spiro atoms. The minimum atomic E-state index is -0.957. The number of nitrogens with one attached hydrogen (secondary N) is 1. The average Bonchev–Trinajstić information content (AvgIpc) is 2.92. The Morgan fingerprint density at radius 3 is 2.73 bits per heavy atom. The normalized spacial score (nSPS) is 16.3. The molecule has 1 unspecified atom stereocenters. The van der Waals surface area contributed by atoms with Crippen molar-refractivity contribution in [2.24, 2.45) is 0 Å².